The van der Waals surface area contributed by atoms with Crippen molar-refractivity contribution < 1.29 is 44.4 Å². The summed E-state index contributed by atoms with van der Waals surface area (Å²) in [6.45, 7) is -0.252. The van der Waals surface area contributed by atoms with Gasteiger partial charge in [-0.15, -0.1) is 0 Å². The number of aliphatic hydroxyl groups is 3. The van der Waals surface area contributed by atoms with Gasteiger partial charge in [-0.05, 0) is 44.5 Å². The Morgan fingerprint density at radius 1 is 1.18 bits per heavy atom. The molecule has 0 aromatic heterocycles. The van der Waals surface area contributed by atoms with E-state index in [2.05, 4.69) is 15.6 Å². The first-order valence-electron chi connectivity index (χ1n) is 12.4. The van der Waals surface area contributed by atoms with E-state index in [0.717, 1.165) is 0 Å². The first-order chi connectivity index (χ1) is 18.7. The monoisotopic (exact) mass is 559 g/mol. The van der Waals surface area contributed by atoms with Crippen molar-refractivity contribution in [1.82, 2.24) is 10.4 Å². The van der Waals surface area contributed by atoms with Crippen LogP contribution < -0.4 is 21.4 Å². The van der Waals surface area contributed by atoms with E-state index in [1.54, 1.807) is 33.1 Å². The van der Waals surface area contributed by atoms with Crippen LogP contribution in [0.15, 0.2) is 28.7 Å². The molecule has 8 N–H and O–H groups in total. The third-order valence-electron chi connectivity index (χ3n) is 7.83. The summed E-state index contributed by atoms with van der Waals surface area (Å²) in [5.41, 5.74) is 4.50. The number of amides is 2. The normalized spacial score (nSPS) is 25.9. The number of anilines is 2. The van der Waals surface area contributed by atoms with Crippen molar-refractivity contribution in [3.63, 3.8) is 0 Å². The van der Waals surface area contributed by atoms with Crippen LogP contribution in [0.1, 0.15) is 22.3 Å². The van der Waals surface area contributed by atoms with Crippen molar-refractivity contribution in [2.24, 2.45) is 17.6 Å². The summed E-state index contributed by atoms with van der Waals surface area (Å²) < 4.78 is 0. The molecule has 4 rings (SSSR count). The first-order valence-corrected chi connectivity index (χ1v) is 12.4. The Hall–Kier alpha value is -3.98. The Bertz CT molecular complexity index is 1380. The predicted octanol–water partition coefficient (Wildman–Crippen LogP) is -0.724. The fraction of sp³-hybridized carbons (Fsp3) is 0.462. The van der Waals surface area contributed by atoms with Gasteiger partial charge in [0.05, 0.1) is 24.4 Å². The molecule has 14 nitrogen and oxygen atoms in total. The topological polar surface area (TPSA) is 215 Å². The molecule has 4 atom stereocenters. The Balaban J connectivity index is 1.92. The number of hydrogen-bond donors (Lipinski definition) is 7. The number of likely N-dealkylation sites (N-methyl/N-ethyl adjacent to an activating group) is 1. The minimum absolute atomic E-state index is 0.0272. The van der Waals surface area contributed by atoms with Crippen LogP contribution in [0.2, 0.25) is 0 Å². The van der Waals surface area contributed by atoms with Gasteiger partial charge >= 0.3 is 0 Å². The molecule has 3 aliphatic rings. The summed E-state index contributed by atoms with van der Waals surface area (Å²) in [5, 5.41) is 47.6. The summed E-state index contributed by atoms with van der Waals surface area (Å²) in [5.74, 6) is -8.02. The second-order valence-corrected chi connectivity index (χ2v) is 10.6. The van der Waals surface area contributed by atoms with Crippen molar-refractivity contribution >= 4 is 34.8 Å². The number of hydroxylamine groups is 1. The summed E-state index contributed by atoms with van der Waals surface area (Å²) in [4.78, 5) is 59.6. The fourth-order valence-electron chi connectivity index (χ4n) is 6.13. The van der Waals surface area contributed by atoms with Crippen molar-refractivity contribution in [3.05, 3.63) is 39.9 Å². The zero-order valence-corrected chi connectivity index (χ0v) is 22.7. The van der Waals surface area contributed by atoms with Crippen LogP contribution in [0.4, 0.5) is 11.4 Å². The number of carbonyl (C=O) groups is 4. The van der Waals surface area contributed by atoms with E-state index in [4.69, 9.17) is 5.73 Å². The van der Waals surface area contributed by atoms with Crippen LogP contribution in [-0.2, 0) is 25.6 Å². The van der Waals surface area contributed by atoms with Crippen LogP contribution in [0, 0.1) is 11.8 Å². The minimum Gasteiger partial charge on any atom is -0.510 e. The molecule has 0 spiro atoms. The Morgan fingerprint density at radius 2 is 1.82 bits per heavy atom. The summed E-state index contributed by atoms with van der Waals surface area (Å²) in [6, 6.07) is 0.436. The average Bonchev–Trinajstić information content (AvgIpc) is 2.85. The maximum Gasteiger partial charge on any atom is 0.255 e. The zero-order valence-electron chi connectivity index (χ0n) is 22.7. The smallest absolute Gasteiger partial charge is 0.255 e. The molecular formula is C26H33N5O9. The van der Waals surface area contributed by atoms with Gasteiger partial charge in [0.1, 0.15) is 23.6 Å². The highest BCUT2D eigenvalue weighted by Crippen LogP contribution is 2.53. The maximum absolute atomic E-state index is 14.0. The number of nitrogens with one attached hydrogen (secondary N) is 2. The van der Waals surface area contributed by atoms with Crippen LogP contribution in [0.25, 0.3) is 0 Å². The average molecular weight is 560 g/mol. The number of nitrogens with zero attached hydrogens (tertiary/aromatic N) is 2. The number of carbonyl (C=O) groups excluding carboxylic acids is 4. The number of phenols is 1. The molecule has 1 aromatic carbocycles. The number of ketones is 2. The van der Waals surface area contributed by atoms with Gasteiger partial charge in [0.2, 0.25) is 11.7 Å². The largest absolute Gasteiger partial charge is 0.510 e. The lowest BCUT2D eigenvalue weighted by Crippen LogP contribution is -2.63. The van der Waals surface area contributed by atoms with Crippen LogP contribution in [-0.4, -0.2) is 102 Å². The van der Waals surface area contributed by atoms with Gasteiger partial charge in [-0.2, -0.15) is 5.48 Å². The van der Waals surface area contributed by atoms with Crippen molar-refractivity contribution in [3.8, 4) is 5.75 Å². The standard InChI is InChI=1S/C26H33N5O9/c1-30(2)14-8-13(29-15(32)9-28-40-5)20(33)17-11(14)6-10-7-12-19(31(3)4)22(35)18(25(27)38)24(37)26(12,39)23(36)16(10)21(17)34/h8,10,12,19,28,33,35-36,39H,6-7,9H2,1-5H3,(H2,27,38)(H,29,32)/t10-,12-,19-,26-/m0/s1. The van der Waals surface area contributed by atoms with E-state index < -0.39 is 69.7 Å². The molecule has 0 saturated carbocycles. The number of benzene rings is 1. The van der Waals surface area contributed by atoms with Gasteiger partial charge in [-0.3, -0.25) is 24.1 Å². The number of Topliss-reactive ketones (excluding diaryl/α,β-unsaturated/α-hetero) is 2. The van der Waals surface area contributed by atoms with E-state index >= 15 is 0 Å². The number of phenolic OH excluding ortho intramolecular Hbond substituents is 1. The number of hydrogen-bond acceptors (Lipinski definition) is 12. The van der Waals surface area contributed by atoms with Gasteiger partial charge in [0, 0.05) is 31.3 Å². The second-order valence-electron chi connectivity index (χ2n) is 10.6. The van der Waals surface area contributed by atoms with Gasteiger partial charge in [0.15, 0.2) is 17.1 Å². The second kappa shape index (κ2) is 10.2. The van der Waals surface area contributed by atoms with Crippen LogP contribution in [0.5, 0.6) is 5.75 Å². The Morgan fingerprint density at radius 3 is 2.38 bits per heavy atom. The summed E-state index contributed by atoms with van der Waals surface area (Å²) >= 11 is 0. The molecular weight excluding hydrogens is 526 g/mol. The third kappa shape index (κ3) is 4.20. The fourth-order valence-corrected chi connectivity index (χ4v) is 6.13. The lowest BCUT2D eigenvalue weighted by atomic mass is 9.58. The number of nitrogens with two attached hydrogens (primary N) is 1. The molecule has 0 saturated heterocycles. The number of aromatic hydroxyl groups is 1. The number of aliphatic hydroxyl groups excluding tert-OH is 2. The van der Waals surface area contributed by atoms with Crippen LogP contribution >= 0.6 is 0 Å². The Labute approximate surface area is 229 Å². The van der Waals surface area contributed by atoms with Crippen molar-refractivity contribution in [1.29, 1.82) is 0 Å². The van der Waals surface area contributed by atoms with Crippen molar-refractivity contribution in [2.75, 3.05) is 52.1 Å². The highest BCUT2D eigenvalue weighted by atomic mass is 16.6. The van der Waals surface area contributed by atoms with Gasteiger partial charge in [0.25, 0.3) is 5.91 Å². The van der Waals surface area contributed by atoms with E-state index in [1.165, 1.54) is 18.1 Å². The molecule has 216 valence electrons. The highest BCUT2D eigenvalue weighted by molar-refractivity contribution is 6.25. The van der Waals surface area contributed by atoms with Crippen LogP contribution in [0.3, 0.4) is 0 Å². The molecule has 1 aromatic rings. The molecule has 40 heavy (non-hydrogen) atoms. The molecule has 2 amide bonds. The Kier molecular flexibility index (Phi) is 7.40. The lowest BCUT2D eigenvalue weighted by Gasteiger charge is -2.50. The number of rotatable bonds is 7. The van der Waals surface area contributed by atoms with Gasteiger partial charge < -0.3 is 41.2 Å². The molecule has 0 aliphatic heterocycles. The number of primary amides is 1. The van der Waals surface area contributed by atoms with Crippen molar-refractivity contribution in [2.45, 2.75) is 24.5 Å². The SMILES string of the molecule is CONCC(=O)Nc1cc(N(C)C)c2c(c1O)C(=O)C1=C(O)[C@]3(O)C(=O)C(C(N)=O)=C(O)[C@@H](N(C)C)[C@@H]3C[C@@H]1C2. The first kappa shape index (κ1) is 29.0. The molecule has 0 unspecified atom stereocenters. The molecule has 0 fully saturated rings. The quantitative estimate of drug-likeness (QED) is 0.125. The lowest BCUT2D eigenvalue weighted by molar-refractivity contribution is -0.148. The van der Waals surface area contributed by atoms with E-state index in [1.807, 2.05) is 0 Å². The van der Waals surface area contributed by atoms with E-state index in [0.29, 0.717) is 11.3 Å². The molecule has 0 bridgehead atoms. The third-order valence-corrected chi connectivity index (χ3v) is 7.83. The number of fused-ring (bicyclic) bond motifs is 3. The maximum atomic E-state index is 14.0. The summed E-state index contributed by atoms with van der Waals surface area (Å²) in [7, 11) is 7.88. The molecule has 3 aliphatic carbocycles. The van der Waals surface area contributed by atoms with Gasteiger partial charge in [-0.25, -0.2) is 0 Å². The molecule has 0 heterocycles. The highest BCUT2D eigenvalue weighted by Gasteiger charge is 2.63. The minimum atomic E-state index is -2.73. The number of allylic oxidation sites excluding steroid dienone is 1. The molecule has 14 heteroatoms. The molecule has 0 radical (unpaired) electrons. The summed E-state index contributed by atoms with van der Waals surface area (Å²) in [6.07, 6.45) is 0.0929. The zero-order chi connectivity index (χ0) is 29.8. The predicted molar refractivity (Wildman–Crippen MR) is 142 cm³/mol. The van der Waals surface area contributed by atoms with Gasteiger partial charge in [-0.1, -0.05) is 0 Å². The van der Waals surface area contributed by atoms with E-state index in [9.17, 15) is 39.6 Å². The van der Waals surface area contributed by atoms with E-state index in [-0.39, 0.29) is 36.2 Å².